The lowest BCUT2D eigenvalue weighted by atomic mass is 9.93. The Morgan fingerprint density at radius 2 is 1.79 bits per heavy atom. The van der Waals surface area contributed by atoms with E-state index in [1.165, 1.54) is 11.3 Å². The minimum atomic E-state index is -0.131. The summed E-state index contributed by atoms with van der Waals surface area (Å²) < 4.78 is 6.16. The molecule has 1 unspecified atom stereocenters. The molecule has 1 saturated heterocycles. The van der Waals surface area contributed by atoms with Crippen LogP contribution in [0.4, 0.5) is 5.69 Å². The zero-order valence-electron chi connectivity index (χ0n) is 13.1. The SMILES string of the molecule is CC(C)c1ccccc1NC1CC(C)(C)OC1(C)C. The van der Waals surface area contributed by atoms with Crippen LogP contribution in [0.5, 0.6) is 0 Å². The molecule has 1 N–H and O–H groups in total. The highest BCUT2D eigenvalue weighted by atomic mass is 16.5. The lowest BCUT2D eigenvalue weighted by Crippen LogP contribution is -2.38. The molecule has 1 aromatic rings. The van der Waals surface area contributed by atoms with E-state index in [1.807, 2.05) is 0 Å². The Morgan fingerprint density at radius 1 is 1.16 bits per heavy atom. The van der Waals surface area contributed by atoms with Crippen molar-refractivity contribution in [2.45, 2.75) is 71.1 Å². The lowest BCUT2D eigenvalue weighted by molar-refractivity contribution is -0.0662. The number of nitrogens with one attached hydrogen (secondary N) is 1. The van der Waals surface area contributed by atoms with E-state index in [4.69, 9.17) is 4.74 Å². The molecule has 2 rings (SSSR count). The first-order valence-corrected chi connectivity index (χ1v) is 7.27. The summed E-state index contributed by atoms with van der Waals surface area (Å²) in [5, 5.41) is 3.71. The van der Waals surface area contributed by atoms with Crippen LogP contribution in [0.1, 0.15) is 59.4 Å². The highest BCUT2D eigenvalue weighted by Crippen LogP contribution is 2.39. The van der Waals surface area contributed by atoms with Crippen molar-refractivity contribution in [3.63, 3.8) is 0 Å². The van der Waals surface area contributed by atoms with Crippen molar-refractivity contribution < 1.29 is 4.74 Å². The molecule has 2 heteroatoms. The summed E-state index contributed by atoms with van der Waals surface area (Å²) in [5.41, 5.74) is 2.45. The van der Waals surface area contributed by atoms with E-state index in [0.29, 0.717) is 12.0 Å². The average Bonchev–Trinajstić information content (AvgIpc) is 2.47. The van der Waals surface area contributed by atoms with Crippen molar-refractivity contribution >= 4 is 5.69 Å². The molecule has 0 radical (unpaired) electrons. The number of anilines is 1. The van der Waals surface area contributed by atoms with Crippen molar-refractivity contribution in [2.24, 2.45) is 0 Å². The number of ether oxygens (including phenoxy) is 1. The minimum Gasteiger partial charge on any atom is -0.379 e. The highest BCUT2D eigenvalue weighted by Gasteiger charge is 2.45. The summed E-state index contributed by atoms with van der Waals surface area (Å²) in [4.78, 5) is 0. The Kier molecular flexibility index (Phi) is 3.65. The summed E-state index contributed by atoms with van der Waals surface area (Å²) in [5.74, 6) is 0.530. The van der Waals surface area contributed by atoms with Crippen LogP contribution in [0, 0.1) is 0 Å². The maximum Gasteiger partial charge on any atom is 0.0834 e. The molecule has 19 heavy (non-hydrogen) atoms. The van der Waals surface area contributed by atoms with Gasteiger partial charge >= 0.3 is 0 Å². The Morgan fingerprint density at radius 3 is 2.32 bits per heavy atom. The minimum absolute atomic E-state index is 0.0477. The van der Waals surface area contributed by atoms with E-state index >= 15 is 0 Å². The Balaban J connectivity index is 2.22. The second-order valence-electron chi connectivity index (χ2n) is 7.11. The van der Waals surface area contributed by atoms with Crippen molar-refractivity contribution in [2.75, 3.05) is 5.32 Å². The molecule has 0 spiro atoms. The molecule has 1 heterocycles. The van der Waals surface area contributed by atoms with Gasteiger partial charge in [0.2, 0.25) is 0 Å². The molecule has 0 aliphatic carbocycles. The molecule has 1 aromatic carbocycles. The fourth-order valence-corrected chi connectivity index (χ4v) is 3.11. The molecule has 1 aliphatic rings. The second kappa shape index (κ2) is 4.82. The van der Waals surface area contributed by atoms with Gasteiger partial charge in [0.1, 0.15) is 0 Å². The predicted molar refractivity (Wildman–Crippen MR) is 81.8 cm³/mol. The van der Waals surface area contributed by atoms with Crippen LogP contribution < -0.4 is 5.32 Å². The van der Waals surface area contributed by atoms with Crippen LogP contribution in [-0.4, -0.2) is 17.2 Å². The fourth-order valence-electron chi connectivity index (χ4n) is 3.11. The molecule has 2 nitrogen and oxygen atoms in total. The van der Waals surface area contributed by atoms with E-state index in [1.54, 1.807) is 0 Å². The first-order valence-electron chi connectivity index (χ1n) is 7.27. The standard InChI is InChI=1S/C17H27NO/c1-12(2)13-9-7-8-10-14(13)18-15-11-16(3,4)19-17(15,5)6/h7-10,12,15,18H,11H2,1-6H3. The van der Waals surface area contributed by atoms with Gasteiger partial charge in [0.15, 0.2) is 0 Å². The predicted octanol–water partition coefficient (Wildman–Crippen LogP) is 4.57. The van der Waals surface area contributed by atoms with E-state index in [9.17, 15) is 0 Å². The van der Waals surface area contributed by atoms with Crippen molar-refractivity contribution in [1.29, 1.82) is 0 Å². The molecular weight excluding hydrogens is 234 g/mol. The topological polar surface area (TPSA) is 21.3 Å². The Labute approximate surface area is 117 Å². The normalized spacial score (nSPS) is 24.7. The maximum absolute atomic E-state index is 6.16. The first-order chi connectivity index (χ1) is 8.71. The largest absolute Gasteiger partial charge is 0.379 e. The van der Waals surface area contributed by atoms with Crippen molar-refractivity contribution in [3.05, 3.63) is 29.8 Å². The van der Waals surface area contributed by atoms with Crippen LogP contribution in [-0.2, 0) is 4.74 Å². The number of hydrogen-bond acceptors (Lipinski definition) is 2. The number of hydrogen-bond donors (Lipinski definition) is 1. The second-order valence-corrected chi connectivity index (χ2v) is 7.11. The molecule has 1 atom stereocenters. The van der Waals surface area contributed by atoms with E-state index in [0.717, 1.165) is 6.42 Å². The molecule has 1 fully saturated rings. The van der Waals surface area contributed by atoms with Gasteiger partial charge < -0.3 is 10.1 Å². The molecule has 0 aromatic heterocycles. The van der Waals surface area contributed by atoms with Crippen LogP contribution in [0.25, 0.3) is 0 Å². The van der Waals surface area contributed by atoms with Crippen molar-refractivity contribution in [1.82, 2.24) is 0 Å². The fraction of sp³-hybridized carbons (Fsp3) is 0.647. The quantitative estimate of drug-likeness (QED) is 0.860. The highest BCUT2D eigenvalue weighted by molar-refractivity contribution is 5.53. The van der Waals surface area contributed by atoms with Gasteiger partial charge in [-0.15, -0.1) is 0 Å². The van der Waals surface area contributed by atoms with E-state index in [-0.39, 0.29) is 11.2 Å². The summed E-state index contributed by atoms with van der Waals surface area (Å²) in [6.07, 6.45) is 1.03. The molecule has 1 aliphatic heterocycles. The van der Waals surface area contributed by atoms with Gasteiger partial charge in [-0.05, 0) is 51.7 Å². The van der Waals surface area contributed by atoms with Gasteiger partial charge in [0.25, 0.3) is 0 Å². The molecule has 0 saturated carbocycles. The van der Waals surface area contributed by atoms with Gasteiger partial charge in [-0.2, -0.15) is 0 Å². The van der Waals surface area contributed by atoms with Crippen LogP contribution >= 0.6 is 0 Å². The summed E-state index contributed by atoms with van der Waals surface area (Å²) >= 11 is 0. The molecular formula is C17H27NO. The maximum atomic E-state index is 6.16. The van der Waals surface area contributed by atoms with Crippen LogP contribution in [0.15, 0.2) is 24.3 Å². The Hall–Kier alpha value is -1.02. The first kappa shape index (κ1) is 14.4. The molecule has 106 valence electrons. The van der Waals surface area contributed by atoms with E-state index < -0.39 is 0 Å². The van der Waals surface area contributed by atoms with Gasteiger partial charge in [0.05, 0.1) is 17.2 Å². The smallest absolute Gasteiger partial charge is 0.0834 e. The number of rotatable bonds is 3. The third-order valence-electron chi connectivity index (χ3n) is 3.99. The zero-order chi connectivity index (χ0) is 14.3. The number of para-hydroxylation sites is 1. The van der Waals surface area contributed by atoms with E-state index in [2.05, 4.69) is 71.1 Å². The monoisotopic (exact) mass is 261 g/mol. The zero-order valence-corrected chi connectivity index (χ0v) is 13.1. The number of benzene rings is 1. The Bertz CT molecular complexity index is 448. The third kappa shape index (κ3) is 3.11. The summed E-state index contributed by atoms with van der Waals surface area (Å²) in [6, 6.07) is 8.95. The van der Waals surface area contributed by atoms with Gasteiger partial charge in [-0.25, -0.2) is 0 Å². The summed E-state index contributed by atoms with van der Waals surface area (Å²) in [6.45, 7) is 13.2. The molecule has 0 amide bonds. The average molecular weight is 261 g/mol. The van der Waals surface area contributed by atoms with Crippen LogP contribution in [0.3, 0.4) is 0 Å². The van der Waals surface area contributed by atoms with Gasteiger partial charge in [-0.3, -0.25) is 0 Å². The van der Waals surface area contributed by atoms with Crippen LogP contribution in [0.2, 0.25) is 0 Å². The lowest BCUT2D eigenvalue weighted by Gasteiger charge is -2.29. The third-order valence-corrected chi connectivity index (χ3v) is 3.99. The summed E-state index contributed by atoms with van der Waals surface area (Å²) in [7, 11) is 0. The van der Waals surface area contributed by atoms with Crippen molar-refractivity contribution in [3.8, 4) is 0 Å². The van der Waals surface area contributed by atoms with Gasteiger partial charge in [-0.1, -0.05) is 32.0 Å². The van der Waals surface area contributed by atoms with Gasteiger partial charge in [0, 0.05) is 5.69 Å². The molecule has 0 bridgehead atoms.